The van der Waals surface area contributed by atoms with Crippen LogP contribution in [0, 0.1) is 5.41 Å². The van der Waals surface area contributed by atoms with Crippen LogP contribution >= 0.6 is 0 Å². The quantitative estimate of drug-likeness (QED) is 0.358. The second-order valence-electron chi connectivity index (χ2n) is 6.51. The van der Waals surface area contributed by atoms with Crippen LogP contribution in [0.2, 0.25) is 0 Å². The van der Waals surface area contributed by atoms with Crippen LogP contribution in [0.25, 0.3) is 5.57 Å². The van der Waals surface area contributed by atoms with E-state index in [4.69, 9.17) is 27.3 Å². The van der Waals surface area contributed by atoms with Crippen LogP contribution < -0.4 is 22.1 Å². The van der Waals surface area contributed by atoms with Gasteiger partial charge in [0.2, 0.25) is 0 Å². The van der Waals surface area contributed by atoms with Gasteiger partial charge in [-0.2, -0.15) is 0 Å². The third kappa shape index (κ3) is 4.32. The second-order valence-corrected chi connectivity index (χ2v) is 6.51. The van der Waals surface area contributed by atoms with E-state index in [1.165, 1.54) is 12.4 Å². The van der Waals surface area contributed by atoms with Crippen molar-refractivity contribution in [3.8, 4) is 0 Å². The van der Waals surface area contributed by atoms with E-state index in [1.807, 2.05) is 24.3 Å². The highest BCUT2D eigenvalue weighted by Crippen LogP contribution is 2.24. The molecule has 7 N–H and O–H groups in total. The molecule has 0 radical (unpaired) electrons. The Balaban J connectivity index is 0.00000300. The number of benzene rings is 1. The minimum Gasteiger partial charge on any atom is -0.405 e. The standard InChI is InChI=1S/C21H26N6O.H2/c22-6-4-17(14-23)15-2-3-19(24)18(12-15)21(25)16-5-7-26-20(13-16)27-8-1-10-28-11-9-27;/h2-7,12-14,25H,1,8-11,22-24H2;1H/b6-4-,17-14+,25-21?;. The van der Waals surface area contributed by atoms with Crippen LogP contribution in [0.3, 0.4) is 0 Å². The Labute approximate surface area is 166 Å². The third-order valence-corrected chi connectivity index (χ3v) is 4.69. The molecule has 1 aromatic carbocycles. The van der Waals surface area contributed by atoms with Crippen molar-refractivity contribution in [2.45, 2.75) is 6.42 Å². The molecule has 28 heavy (non-hydrogen) atoms. The van der Waals surface area contributed by atoms with Gasteiger partial charge in [-0.25, -0.2) is 4.98 Å². The minimum absolute atomic E-state index is 0. The molecule has 1 fully saturated rings. The monoisotopic (exact) mass is 380 g/mol. The number of anilines is 2. The van der Waals surface area contributed by atoms with E-state index >= 15 is 0 Å². The number of hydrogen-bond donors (Lipinski definition) is 4. The lowest BCUT2D eigenvalue weighted by atomic mass is 9.96. The lowest BCUT2D eigenvalue weighted by Gasteiger charge is -2.21. The Kier molecular flexibility index (Phi) is 6.29. The summed E-state index contributed by atoms with van der Waals surface area (Å²) in [6.45, 7) is 3.12. The zero-order chi connectivity index (χ0) is 19.9. The molecule has 0 aliphatic carbocycles. The maximum atomic E-state index is 8.72. The van der Waals surface area contributed by atoms with Gasteiger partial charge in [0.15, 0.2) is 0 Å². The minimum atomic E-state index is 0. The summed E-state index contributed by atoms with van der Waals surface area (Å²) in [4.78, 5) is 6.67. The van der Waals surface area contributed by atoms with Crippen molar-refractivity contribution in [3.05, 3.63) is 71.7 Å². The molecule has 1 aromatic heterocycles. The second kappa shape index (κ2) is 9.05. The Hall–Kier alpha value is -3.32. The number of aromatic nitrogens is 1. The number of ether oxygens (including phenoxy) is 1. The number of nitrogen functional groups attached to an aromatic ring is 1. The van der Waals surface area contributed by atoms with Gasteiger partial charge in [0, 0.05) is 50.3 Å². The highest BCUT2D eigenvalue weighted by molar-refractivity contribution is 6.14. The van der Waals surface area contributed by atoms with Crippen LogP contribution in [0.15, 0.2) is 55.0 Å². The zero-order valence-electron chi connectivity index (χ0n) is 15.8. The van der Waals surface area contributed by atoms with Crippen LogP contribution in [-0.2, 0) is 4.74 Å². The molecule has 1 aliphatic heterocycles. The van der Waals surface area contributed by atoms with E-state index in [1.54, 1.807) is 18.3 Å². The molecule has 0 bridgehead atoms. The van der Waals surface area contributed by atoms with Gasteiger partial charge in [0.25, 0.3) is 0 Å². The lowest BCUT2D eigenvalue weighted by molar-refractivity contribution is 0.152. The summed E-state index contributed by atoms with van der Waals surface area (Å²) in [6.07, 6.45) is 7.31. The number of allylic oxidation sites excluding steroid dienone is 2. The van der Waals surface area contributed by atoms with Crippen molar-refractivity contribution in [3.63, 3.8) is 0 Å². The first-order valence-electron chi connectivity index (χ1n) is 9.22. The Bertz CT molecular complexity index is 904. The van der Waals surface area contributed by atoms with Gasteiger partial charge in [-0.1, -0.05) is 6.07 Å². The number of nitrogens with one attached hydrogen (secondary N) is 1. The topological polar surface area (TPSA) is 127 Å². The number of rotatable bonds is 5. The average molecular weight is 380 g/mol. The predicted molar refractivity (Wildman–Crippen MR) is 116 cm³/mol. The Morgan fingerprint density at radius 2 is 2.00 bits per heavy atom. The molecule has 0 spiro atoms. The first kappa shape index (κ1) is 19.4. The molecule has 3 rings (SSSR count). The summed E-state index contributed by atoms with van der Waals surface area (Å²) < 4.78 is 5.52. The average Bonchev–Trinajstić information content (AvgIpc) is 3.02. The van der Waals surface area contributed by atoms with Gasteiger partial charge in [-0.15, -0.1) is 0 Å². The molecular formula is C21H28N6O. The summed E-state index contributed by atoms with van der Waals surface area (Å²) in [6, 6.07) is 9.25. The number of nitrogens with zero attached hydrogens (tertiary/aromatic N) is 2. The van der Waals surface area contributed by atoms with Crippen LogP contribution in [0.4, 0.5) is 11.5 Å². The molecule has 1 aliphatic rings. The number of nitrogens with two attached hydrogens (primary N) is 3. The zero-order valence-corrected chi connectivity index (χ0v) is 15.8. The summed E-state index contributed by atoms with van der Waals surface area (Å²) in [5.41, 5.74) is 21.2. The first-order valence-corrected chi connectivity index (χ1v) is 9.22. The number of pyridine rings is 1. The first-order chi connectivity index (χ1) is 13.6. The molecule has 0 atom stereocenters. The van der Waals surface area contributed by atoms with E-state index in [-0.39, 0.29) is 1.43 Å². The predicted octanol–water partition coefficient (Wildman–Crippen LogP) is 2.32. The molecule has 7 nitrogen and oxygen atoms in total. The maximum Gasteiger partial charge on any atom is 0.129 e. The van der Waals surface area contributed by atoms with E-state index in [2.05, 4.69) is 9.88 Å². The Morgan fingerprint density at radius 3 is 2.79 bits per heavy atom. The Morgan fingerprint density at radius 1 is 1.14 bits per heavy atom. The summed E-state index contributed by atoms with van der Waals surface area (Å²) >= 11 is 0. The highest BCUT2D eigenvalue weighted by Gasteiger charge is 2.15. The fourth-order valence-electron chi connectivity index (χ4n) is 3.18. The molecule has 7 heteroatoms. The van der Waals surface area contributed by atoms with Crippen LogP contribution in [0.5, 0.6) is 0 Å². The van der Waals surface area contributed by atoms with E-state index in [9.17, 15) is 0 Å². The van der Waals surface area contributed by atoms with Gasteiger partial charge >= 0.3 is 0 Å². The smallest absolute Gasteiger partial charge is 0.129 e. The largest absolute Gasteiger partial charge is 0.405 e. The van der Waals surface area contributed by atoms with Crippen molar-refractivity contribution >= 4 is 22.8 Å². The SMILES string of the molecule is N=C(c1ccnc(N2CCCOCC2)c1)c1cc(C(/C=C\N)=C/N)ccc1N.[HH]. The third-order valence-electron chi connectivity index (χ3n) is 4.69. The van der Waals surface area contributed by atoms with E-state index < -0.39 is 0 Å². The number of hydrogen-bond acceptors (Lipinski definition) is 7. The van der Waals surface area contributed by atoms with Crippen LogP contribution in [0.1, 0.15) is 24.5 Å². The lowest BCUT2D eigenvalue weighted by Crippen LogP contribution is -2.27. The van der Waals surface area contributed by atoms with Crippen LogP contribution in [-0.4, -0.2) is 37.0 Å². The fourth-order valence-corrected chi connectivity index (χ4v) is 3.18. The fraction of sp³-hybridized carbons (Fsp3) is 0.238. The molecule has 148 valence electrons. The van der Waals surface area contributed by atoms with Gasteiger partial charge < -0.3 is 26.8 Å². The van der Waals surface area contributed by atoms with E-state index in [0.29, 0.717) is 23.6 Å². The van der Waals surface area contributed by atoms with Crippen molar-refractivity contribution < 1.29 is 6.16 Å². The van der Waals surface area contributed by atoms with Gasteiger partial charge in [-0.3, -0.25) is 5.41 Å². The highest BCUT2D eigenvalue weighted by atomic mass is 16.5. The van der Waals surface area contributed by atoms with Crippen molar-refractivity contribution in [1.82, 2.24) is 4.98 Å². The molecule has 0 saturated carbocycles. The van der Waals surface area contributed by atoms with Crippen molar-refractivity contribution in [2.75, 3.05) is 36.9 Å². The van der Waals surface area contributed by atoms with Gasteiger partial charge in [0.05, 0.1) is 12.3 Å². The summed E-state index contributed by atoms with van der Waals surface area (Å²) in [5, 5.41) is 8.72. The molecule has 0 amide bonds. The molecule has 1 saturated heterocycles. The molecular weight excluding hydrogens is 352 g/mol. The molecule has 2 aromatic rings. The molecule has 2 heterocycles. The normalized spacial score (nSPS) is 15.6. The molecule has 0 unspecified atom stereocenters. The summed E-state index contributed by atoms with van der Waals surface area (Å²) in [5.74, 6) is 0.844. The van der Waals surface area contributed by atoms with Gasteiger partial charge in [-0.05, 0) is 54.1 Å². The van der Waals surface area contributed by atoms with E-state index in [0.717, 1.165) is 48.6 Å². The van der Waals surface area contributed by atoms with Gasteiger partial charge in [0.1, 0.15) is 5.82 Å². The van der Waals surface area contributed by atoms with Crippen molar-refractivity contribution in [1.29, 1.82) is 5.41 Å². The van der Waals surface area contributed by atoms with Crippen molar-refractivity contribution in [2.24, 2.45) is 11.5 Å². The summed E-state index contributed by atoms with van der Waals surface area (Å²) in [7, 11) is 0. The maximum absolute atomic E-state index is 8.72.